The molecule has 1 aromatic heterocycles. The van der Waals surface area contributed by atoms with Crippen molar-refractivity contribution in [1.82, 2.24) is 9.55 Å². The van der Waals surface area contributed by atoms with Crippen LogP contribution in [0.3, 0.4) is 0 Å². The summed E-state index contributed by atoms with van der Waals surface area (Å²) in [5.41, 5.74) is 1.15. The first-order valence-electron chi connectivity index (χ1n) is 3.34. The molecular formula is C8H12N2. The molecule has 0 amide bonds. The van der Waals surface area contributed by atoms with Crippen LogP contribution in [0.4, 0.5) is 0 Å². The lowest BCUT2D eigenvalue weighted by Crippen LogP contribution is -2.02. The molecule has 1 heterocycles. The van der Waals surface area contributed by atoms with Crippen LogP contribution >= 0.6 is 0 Å². The summed E-state index contributed by atoms with van der Waals surface area (Å²) in [4.78, 5) is 3.95. The van der Waals surface area contributed by atoms with Crippen molar-refractivity contribution in [2.24, 2.45) is 0 Å². The molecule has 10 heavy (non-hydrogen) atoms. The Morgan fingerprint density at radius 3 is 2.80 bits per heavy atom. The van der Waals surface area contributed by atoms with Crippen molar-refractivity contribution in [3.8, 4) is 0 Å². The molecule has 1 aromatic rings. The van der Waals surface area contributed by atoms with Gasteiger partial charge in [0.15, 0.2) is 0 Å². The van der Waals surface area contributed by atoms with Gasteiger partial charge in [-0.25, -0.2) is 4.98 Å². The molecule has 0 fully saturated rings. The molecule has 0 aliphatic rings. The number of hydrogen-bond donors (Lipinski definition) is 0. The zero-order chi connectivity index (χ0) is 7.56. The topological polar surface area (TPSA) is 17.8 Å². The first kappa shape index (κ1) is 7.06. The van der Waals surface area contributed by atoms with Crippen LogP contribution in [0.5, 0.6) is 0 Å². The fraction of sp³-hybridized carbons (Fsp3) is 0.375. The van der Waals surface area contributed by atoms with Crippen LogP contribution in [0, 0.1) is 0 Å². The third kappa shape index (κ3) is 1.26. The van der Waals surface area contributed by atoms with Gasteiger partial charge in [0.05, 0.1) is 12.4 Å². The molecule has 1 atom stereocenters. The zero-order valence-corrected chi connectivity index (χ0v) is 6.41. The minimum atomic E-state index is 0.363. The SMILES string of the molecule is C=C(C)C(C)n1ccnc1. The molecule has 1 unspecified atom stereocenters. The lowest BCUT2D eigenvalue weighted by atomic mass is 10.2. The Bertz CT molecular complexity index is 211. The summed E-state index contributed by atoms with van der Waals surface area (Å²) < 4.78 is 2.03. The molecule has 0 radical (unpaired) electrons. The standard InChI is InChI=1S/C8H12N2/c1-7(2)8(3)10-5-4-9-6-10/h4-6,8H,1H2,2-3H3. The van der Waals surface area contributed by atoms with Crippen molar-refractivity contribution >= 4 is 0 Å². The summed E-state index contributed by atoms with van der Waals surface area (Å²) in [6.07, 6.45) is 5.53. The van der Waals surface area contributed by atoms with Gasteiger partial charge in [-0.1, -0.05) is 12.2 Å². The molecular weight excluding hydrogens is 124 g/mol. The van der Waals surface area contributed by atoms with Crippen LogP contribution in [0.1, 0.15) is 19.9 Å². The lowest BCUT2D eigenvalue weighted by molar-refractivity contribution is 0.627. The summed E-state index contributed by atoms with van der Waals surface area (Å²) in [6.45, 7) is 7.98. The quantitative estimate of drug-likeness (QED) is 0.569. The molecule has 0 saturated heterocycles. The Morgan fingerprint density at radius 1 is 1.70 bits per heavy atom. The second kappa shape index (κ2) is 2.69. The first-order chi connectivity index (χ1) is 4.72. The van der Waals surface area contributed by atoms with E-state index in [2.05, 4.69) is 18.5 Å². The van der Waals surface area contributed by atoms with Crippen molar-refractivity contribution in [3.63, 3.8) is 0 Å². The molecule has 0 N–H and O–H groups in total. The Kier molecular flexibility index (Phi) is 1.90. The van der Waals surface area contributed by atoms with Gasteiger partial charge in [-0.15, -0.1) is 0 Å². The first-order valence-corrected chi connectivity index (χ1v) is 3.34. The predicted octanol–water partition coefficient (Wildman–Crippen LogP) is 2.02. The zero-order valence-electron chi connectivity index (χ0n) is 6.41. The summed E-state index contributed by atoms with van der Waals surface area (Å²) in [5.74, 6) is 0. The molecule has 0 bridgehead atoms. The van der Waals surface area contributed by atoms with E-state index in [0.29, 0.717) is 6.04 Å². The van der Waals surface area contributed by atoms with Crippen LogP contribution in [-0.2, 0) is 0 Å². The Balaban J connectivity index is 2.77. The Morgan fingerprint density at radius 2 is 2.40 bits per heavy atom. The third-order valence-corrected chi connectivity index (χ3v) is 1.69. The fourth-order valence-electron chi connectivity index (χ4n) is 0.753. The largest absolute Gasteiger partial charge is 0.331 e. The normalized spacial score (nSPS) is 13.0. The van der Waals surface area contributed by atoms with E-state index in [4.69, 9.17) is 0 Å². The van der Waals surface area contributed by atoms with Crippen LogP contribution in [0.2, 0.25) is 0 Å². The van der Waals surface area contributed by atoms with Gasteiger partial charge in [0.25, 0.3) is 0 Å². The minimum absolute atomic E-state index is 0.363. The number of nitrogens with zero attached hydrogens (tertiary/aromatic N) is 2. The van der Waals surface area contributed by atoms with Crippen molar-refractivity contribution in [3.05, 3.63) is 30.9 Å². The average Bonchev–Trinajstić information content (AvgIpc) is 2.36. The summed E-state index contributed by atoms with van der Waals surface area (Å²) in [7, 11) is 0. The summed E-state index contributed by atoms with van der Waals surface area (Å²) >= 11 is 0. The van der Waals surface area contributed by atoms with E-state index in [1.54, 1.807) is 12.5 Å². The van der Waals surface area contributed by atoms with Crippen molar-refractivity contribution in [2.45, 2.75) is 19.9 Å². The third-order valence-electron chi connectivity index (χ3n) is 1.69. The van der Waals surface area contributed by atoms with Gasteiger partial charge in [0, 0.05) is 12.4 Å². The number of imidazole rings is 1. The molecule has 0 spiro atoms. The van der Waals surface area contributed by atoms with Crippen LogP contribution in [0.15, 0.2) is 30.9 Å². The number of allylic oxidation sites excluding steroid dienone is 1. The van der Waals surface area contributed by atoms with E-state index in [1.807, 2.05) is 17.7 Å². The molecule has 0 aromatic carbocycles. The van der Waals surface area contributed by atoms with Gasteiger partial charge in [0.1, 0.15) is 0 Å². The second-order valence-electron chi connectivity index (χ2n) is 2.53. The van der Waals surface area contributed by atoms with Crippen molar-refractivity contribution in [2.75, 3.05) is 0 Å². The predicted molar refractivity (Wildman–Crippen MR) is 41.8 cm³/mol. The molecule has 0 aliphatic carbocycles. The van der Waals surface area contributed by atoms with Crippen molar-refractivity contribution in [1.29, 1.82) is 0 Å². The maximum atomic E-state index is 3.95. The number of rotatable bonds is 2. The van der Waals surface area contributed by atoms with Gasteiger partial charge < -0.3 is 4.57 Å². The van der Waals surface area contributed by atoms with Gasteiger partial charge in [-0.2, -0.15) is 0 Å². The van der Waals surface area contributed by atoms with Gasteiger partial charge in [-0.05, 0) is 13.8 Å². The molecule has 2 nitrogen and oxygen atoms in total. The molecule has 2 heteroatoms. The van der Waals surface area contributed by atoms with E-state index < -0.39 is 0 Å². The molecule has 54 valence electrons. The van der Waals surface area contributed by atoms with Crippen LogP contribution in [0.25, 0.3) is 0 Å². The Hall–Kier alpha value is -1.05. The van der Waals surface area contributed by atoms with Crippen LogP contribution < -0.4 is 0 Å². The monoisotopic (exact) mass is 136 g/mol. The van der Waals surface area contributed by atoms with E-state index >= 15 is 0 Å². The van der Waals surface area contributed by atoms with Gasteiger partial charge >= 0.3 is 0 Å². The minimum Gasteiger partial charge on any atom is -0.331 e. The molecule has 0 saturated carbocycles. The van der Waals surface area contributed by atoms with Crippen LogP contribution in [-0.4, -0.2) is 9.55 Å². The highest BCUT2D eigenvalue weighted by atomic mass is 15.0. The van der Waals surface area contributed by atoms with Crippen molar-refractivity contribution < 1.29 is 0 Å². The highest BCUT2D eigenvalue weighted by Crippen LogP contribution is 2.12. The van der Waals surface area contributed by atoms with Gasteiger partial charge in [-0.3, -0.25) is 0 Å². The maximum Gasteiger partial charge on any atom is 0.0951 e. The fourth-order valence-corrected chi connectivity index (χ4v) is 0.753. The van der Waals surface area contributed by atoms with E-state index in [0.717, 1.165) is 5.57 Å². The number of hydrogen-bond acceptors (Lipinski definition) is 1. The summed E-state index contributed by atoms with van der Waals surface area (Å²) in [5, 5.41) is 0. The lowest BCUT2D eigenvalue weighted by Gasteiger charge is -2.11. The Labute approximate surface area is 61.2 Å². The average molecular weight is 136 g/mol. The summed E-state index contributed by atoms with van der Waals surface area (Å²) in [6, 6.07) is 0.363. The van der Waals surface area contributed by atoms with E-state index in [9.17, 15) is 0 Å². The smallest absolute Gasteiger partial charge is 0.0951 e. The van der Waals surface area contributed by atoms with E-state index in [1.165, 1.54) is 0 Å². The highest BCUT2D eigenvalue weighted by molar-refractivity contribution is 4.99. The van der Waals surface area contributed by atoms with E-state index in [-0.39, 0.29) is 0 Å². The van der Waals surface area contributed by atoms with Gasteiger partial charge in [0.2, 0.25) is 0 Å². The molecule has 0 aliphatic heterocycles. The highest BCUT2D eigenvalue weighted by Gasteiger charge is 2.01. The second-order valence-corrected chi connectivity index (χ2v) is 2.53. The number of aromatic nitrogens is 2. The molecule has 1 rings (SSSR count). The maximum absolute atomic E-state index is 3.95.